The van der Waals surface area contributed by atoms with Gasteiger partial charge in [0.2, 0.25) is 0 Å². The average Bonchev–Trinajstić information content (AvgIpc) is 2.71. The van der Waals surface area contributed by atoms with Gasteiger partial charge in [-0.05, 0) is 42.5 Å². The Morgan fingerprint density at radius 3 is 2.59 bits per heavy atom. The summed E-state index contributed by atoms with van der Waals surface area (Å²) in [5.74, 6) is -0.392. The van der Waals surface area contributed by atoms with Crippen LogP contribution in [-0.4, -0.2) is 31.6 Å². The van der Waals surface area contributed by atoms with Gasteiger partial charge in [-0.2, -0.15) is 0 Å². The van der Waals surface area contributed by atoms with Crippen LogP contribution in [0, 0.1) is 0 Å². The number of fused-ring (bicyclic) bond motifs is 1. The SMILES string of the molecule is COC1CCOc2c(NC(=O)C(=O)NC3CC(c4ccc(Cl)cc4)C3)cccc21. The van der Waals surface area contributed by atoms with Gasteiger partial charge in [-0.3, -0.25) is 9.59 Å². The van der Waals surface area contributed by atoms with Gasteiger partial charge in [-0.15, -0.1) is 0 Å². The predicted octanol–water partition coefficient (Wildman–Crippen LogP) is 3.81. The summed E-state index contributed by atoms with van der Waals surface area (Å²) in [7, 11) is 1.65. The maximum atomic E-state index is 12.4. The van der Waals surface area contributed by atoms with E-state index in [9.17, 15) is 9.59 Å². The lowest BCUT2D eigenvalue weighted by molar-refractivity contribution is -0.137. The first-order valence-corrected chi connectivity index (χ1v) is 10.1. The summed E-state index contributed by atoms with van der Waals surface area (Å²) >= 11 is 5.92. The Hall–Kier alpha value is -2.57. The van der Waals surface area contributed by atoms with Crippen LogP contribution < -0.4 is 15.4 Å². The molecule has 1 fully saturated rings. The maximum absolute atomic E-state index is 12.4. The topological polar surface area (TPSA) is 76.7 Å². The number of ether oxygens (including phenoxy) is 2. The number of hydrogen-bond acceptors (Lipinski definition) is 4. The number of anilines is 1. The van der Waals surface area contributed by atoms with E-state index in [-0.39, 0.29) is 12.1 Å². The Labute approximate surface area is 174 Å². The van der Waals surface area contributed by atoms with Gasteiger partial charge in [0.1, 0.15) is 5.75 Å². The number of nitrogens with one attached hydrogen (secondary N) is 2. The van der Waals surface area contributed by atoms with Gasteiger partial charge in [0.25, 0.3) is 0 Å². The van der Waals surface area contributed by atoms with E-state index in [1.807, 2.05) is 36.4 Å². The quantitative estimate of drug-likeness (QED) is 0.746. The van der Waals surface area contributed by atoms with Crippen LogP contribution in [0.4, 0.5) is 5.69 Å². The summed E-state index contributed by atoms with van der Waals surface area (Å²) < 4.78 is 11.2. The standard InChI is InChI=1S/C22H23ClN2O4/c1-28-19-9-10-29-20-17(19)3-2-4-18(20)25-22(27)21(26)24-16-11-14(12-16)13-5-7-15(23)8-6-13/h2-8,14,16,19H,9-12H2,1H3,(H,24,26)(H,25,27). The van der Waals surface area contributed by atoms with Crippen LogP contribution in [0.5, 0.6) is 5.75 Å². The number of para-hydroxylation sites is 1. The Balaban J connectivity index is 1.33. The van der Waals surface area contributed by atoms with Crippen molar-refractivity contribution in [2.45, 2.75) is 37.3 Å². The zero-order chi connectivity index (χ0) is 20.4. The average molecular weight is 415 g/mol. The highest BCUT2D eigenvalue weighted by Crippen LogP contribution is 2.39. The number of carbonyl (C=O) groups excluding carboxylic acids is 2. The second-order valence-corrected chi connectivity index (χ2v) is 7.87. The predicted molar refractivity (Wildman–Crippen MR) is 110 cm³/mol. The molecule has 1 atom stereocenters. The normalized spacial score (nSPS) is 22.6. The molecule has 1 saturated carbocycles. The summed E-state index contributed by atoms with van der Waals surface area (Å²) in [5.41, 5.74) is 2.56. The molecule has 1 aliphatic heterocycles. The minimum absolute atomic E-state index is 0.00672. The van der Waals surface area contributed by atoms with Crippen LogP contribution in [0.3, 0.4) is 0 Å². The molecule has 0 radical (unpaired) electrons. The number of hydrogen-bond donors (Lipinski definition) is 2. The summed E-state index contributed by atoms with van der Waals surface area (Å²) in [6.45, 7) is 0.499. The Bertz CT molecular complexity index is 910. The fourth-order valence-corrected chi connectivity index (χ4v) is 4.04. The molecule has 7 heteroatoms. The molecule has 2 amide bonds. The summed E-state index contributed by atoms with van der Waals surface area (Å²) in [5, 5.41) is 6.18. The van der Waals surface area contributed by atoms with Gasteiger partial charge in [0.05, 0.1) is 18.4 Å². The van der Waals surface area contributed by atoms with E-state index in [1.54, 1.807) is 13.2 Å². The van der Waals surface area contributed by atoms with Crippen LogP contribution in [0.1, 0.15) is 42.4 Å². The van der Waals surface area contributed by atoms with Crippen molar-refractivity contribution in [1.29, 1.82) is 0 Å². The molecular formula is C22H23ClN2O4. The van der Waals surface area contributed by atoms with E-state index in [2.05, 4.69) is 10.6 Å². The van der Waals surface area contributed by atoms with Crippen LogP contribution >= 0.6 is 11.6 Å². The monoisotopic (exact) mass is 414 g/mol. The van der Waals surface area contributed by atoms with Gasteiger partial charge in [-0.1, -0.05) is 35.9 Å². The van der Waals surface area contributed by atoms with Crippen molar-refractivity contribution in [2.75, 3.05) is 19.0 Å². The third-order valence-corrected chi connectivity index (χ3v) is 5.82. The summed E-state index contributed by atoms with van der Waals surface area (Å²) in [6, 6.07) is 13.2. The van der Waals surface area contributed by atoms with E-state index >= 15 is 0 Å². The fourth-order valence-electron chi connectivity index (χ4n) is 3.91. The smallest absolute Gasteiger partial charge is 0.313 e. The largest absolute Gasteiger partial charge is 0.491 e. The van der Waals surface area contributed by atoms with Gasteiger partial charge in [0.15, 0.2) is 0 Å². The van der Waals surface area contributed by atoms with Crippen LogP contribution in [0.2, 0.25) is 5.02 Å². The molecule has 2 aliphatic rings. The number of benzene rings is 2. The Kier molecular flexibility index (Phi) is 5.74. The van der Waals surface area contributed by atoms with Crippen molar-refractivity contribution in [1.82, 2.24) is 5.32 Å². The lowest BCUT2D eigenvalue weighted by Gasteiger charge is -2.36. The third kappa shape index (κ3) is 4.23. The lowest BCUT2D eigenvalue weighted by atomic mass is 9.76. The molecule has 1 heterocycles. The van der Waals surface area contributed by atoms with Crippen molar-refractivity contribution in [3.8, 4) is 5.75 Å². The molecule has 2 aromatic rings. The van der Waals surface area contributed by atoms with E-state index in [0.29, 0.717) is 29.0 Å². The number of rotatable bonds is 4. The van der Waals surface area contributed by atoms with Crippen molar-refractivity contribution < 1.29 is 19.1 Å². The van der Waals surface area contributed by atoms with Crippen molar-refractivity contribution >= 4 is 29.1 Å². The molecule has 2 N–H and O–H groups in total. The van der Waals surface area contributed by atoms with Crippen LogP contribution in [-0.2, 0) is 14.3 Å². The molecule has 29 heavy (non-hydrogen) atoms. The fraction of sp³-hybridized carbons (Fsp3) is 0.364. The Morgan fingerprint density at radius 2 is 1.86 bits per heavy atom. The van der Waals surface area contributed by atoms with Crippen molar-refractivity contribution in [2.24, 2.45) is 0 Å². The van der Waals surface area contributed by atoms with Gasteiger partial charge in [-0.25, -0.2) is 0 Å². The van der Waals surface area contributed by atoms with Crippen LogP contribution in [0.15, 0.2) is 42.5 Å². The van der Waals surface area contributed by atoms with E-state index in [1.165, 1.54) is 5.56 Å². The van der Waals surface area contributed by atoms with Gasteiger partial charge in [0, 0.05) is 30.2 Å². The van der Waals surface area contributed by atoms with E-state index in [0.717, 1.165) is 24.8 Å². The lowest BCUT2D eigenvalue weighted by Crippen LogP contribution is -2.47. The first-order valence-electron chi connectivity index (χ1n) is 9.71. The van der Waals surface area contributed by atoms with Crippen molar-refractivity contribution in [3.63, 3.8) is 0 Å². The minimum atomic E-state index is -0.698. The summed E-state index contributed by atoms with van der Waals surface area (Å²) in [6.07, 6.45) is 2.28. The second kappa shape index (κ2) is 8.43. The molecule has 0 saturated heterocycles. The van der Waals surface area contributed by atoms with Crippen LogP contribution in [0.25, 0.3) is 0 Å². The second-order valence-electron chi connectivity index (χ2n) is 7.43. The molecule has 0 aromatic heterocycles. The molecule has 152 valence electrons. The molecule has 4 rings (SSSR count). The Morgan fingerprint density at radius 1 is 1.10 bits per heavy atom. The molecule has 0 bridgehead atoms. The van der Waals surface area contributed by atoms with E-state index in [4.69, 9.17) is 21.1 Å². The van der Waals surface area contributed by atoms with Gasteiger partial charge >= 0.3 is 11.8 Å². The molecule has 0 spiro atoms. The highest BCUT2D eigenvalue weighted by Gasteiger charge is 2.33. The maximum Gasteiger partial charge on any atom is 0.313 e. The molecule has 2 aromatic carbocycles. The first-order chi connectivity index (χ1) is 14.0. The number of carbonyl (C=O) groups is 2. The molecular weight excluding hydrogens is 392 g/mol. The first kappa shape index (κ1) is 19.7. The zero-order valence-corrected chi connectivity index (χ0v) is 16.9. The zero-order valence-electron chi connectivity index (χ0n) is 16.1. The third-order valence-electron chi connectivity index (χ3n) is 5.57. The summed E-state index contributed by atoms with van der Waals surface area (Å²) in [4.78, 5) is 24.7. The van der Waals surface area contributed by atoms with Gasteiger partial charge < -0.3 is 20.1 Å². The number of amides is 2. The minimum Gasteiger partial charge on any atom is -0.491 e. The molecule has 1 unspecified atom stereocenters. The number of halogens is 1. The highest BCUT2D eigenvalue weighted by molar-refractivity contribution is 6.39. The van der Waals surface area contributed by atoms with Crippen molar-refractivity contribution in [3.05, 3.63) is 58.6 Å². The highest BCUT2D eigenvalue weighted by atomic mass is 35.5. The molecule has 6 nitrogen and oxygen atoms in total. The van der Waals surface area contributed by atoms with E-state index < -0.39 is 11.8 Å². The number of methoxy groups -OCH3 is 1. The molecule has 1 aliphatic carbocycles.